The van der Waals surface area contributed by atoms with Crippen molar-refractivity contribution in [3.05, 3.63) is 29.6 Å². The van der Waals surface area contributed by atoms with Gasteiger partial charge in [0.25, 0.3) is 0 Å². The van der Waals surface area contributed by atoms with Crippen LogP contribution in [0.15, 0.2) is 18.3 Å². The summed E-state index contributed by atoms with van der Waals surface area (Å²) >= 11 is 0. The highest BCUT2D eigenvalue weighted by atomic mass is 16.3. The van der Waals surface area contributed by atoms with Crippen molar-refractivity contribution in [2.45, 2.75) is 19.4 Å². The average Bonchev–Trinajstić information content (AvgIpc) is 2.15. The summed E-state index contributed by atoms with van der Waals surface area (Å²) in [5.41, 5.74) is 7.26. The van der Waals surface area contributed by atoms with E-state index >= 15 is 0 Å². The number of rotatable bonds is 4. The predicted octanol–water partition coefficient (Wildman–Crippen LogP) is 0.465. The lowest BCUT2D eigenvalue weighted by atomic mass is 10.1. The minimum absolute atomic E-state index is 0.0146. The van der Waals surface area contributed by atoms with Gasteiger partial charge >= 0.3 is 0 Å². The Morgan fingerprint density at radius 1 is 1.50 bits per heavy atom. The Balaban J connectivity index is 2.68. The van der Waals surface area contributed by atoms with E-state index in [0.29, 0.717) is 6.54 Å². The molecule has 12 heavy (non-hydrogen) atoms. The molecular weight excluding hydrogens is 152 g/mol. The zero-order valence-corrected chi connectivity index (χ0v) is 7.03. The van der Waals surface area contributed by atoms with Crippen LogP contribution >= 0.6 is 0 Å². The van der Waals surface area contributed by atoms with Crippen molar-refractivity contribution < 1.29 is 5.11 Å². The van der Waals surface area contributed by atoms with Crippen molar-refractivity contribution in [2.24, 2.45) is 5.73 Å². The van der Waals surface area contributed by atoms with Crippen LogP contribution in [0.1, 0.15) is 17.7 Å². The summed E-state index contributed by atoms with van der Waals surface area (Å²) in [6.45, 7) is 0.695. The third kappa shape index (κ3) is 2.29. The van der Waals surface area contributed by atoms with Crippen LogP contribution in [0, 0.1) is 0 Å². The number of nitrogens with zero attached hydrogens (tertiary/aromatic N) is 1. The molecule has 0 aliphatic carbocycles. The molecule has 0 saturated heterocycles. The standard InChI is InChI=1S/C9H14N2O/c10-5-1-3-8-4-2-6-11-9(8)7-12/h2,4,6,12H,1,3,5,7,10H2. The Morgan fingerprint density at radius 2 is 2.33 bits per heavy atom. The monoisotopic (exact) mass is 166 g/mol. The van der Waals surface area contributed by atoms with E-state index in [1.165, 1.54) is 0 Å². The Kier molecular flexibility index (Phi) is 3.70. The average molecular weight is 166 g/mol. The molecule has 3 nitrogen and oxygen atoms in total. The third-order valence-electron chi connectivity index (χ3n) is 1.78. The molecular formula is C9H14N2O. The molecule has 0 aromatic carbocycles. The van der Waals surface area contributed by atoms with Gasteiger partial charge in [-0.3, -0.25) is 4.98 Å². The lowest BCUT2D eigenvalue weighted by molar-refractivity contribution is 0.275. The van der Waals surface area contributed by atoms with Gasteiger partial charge in [0.1, 0.15) is 0 Å². The number of aryl methyl sites for hydroxylation is 1. The van der Waals surface area contributed by atoms with Crippen LogP contribution in [-0.4, -0.2) is 16.6 Å². The maximum atomic E-state index is 8.92. The van der Waals surface area contributed by atoms with E-state index in [9.17, 15) is 0 Å². The molecule has 1 aromatic heterocycles. The zero-order valence-electron chi connectivity index (χ0n) is 7.03. The van der Waals surface area contributed by atoms with Crippen molar-refractivity contribution in [3.8, 4) is 0 Å². The molecule has 0 fully saturated rings. The lowest BCUT2D eigenvalue weighted by Crippen LogP contribution is -2.03. The van der Waals surface area contributed by atoms with Gasteiger partial charge in [-0.2, -0.15) is 0 Å². The zero-order chi connectivity index (χ0) is 8.81. The summed E-state index contributed by atoms with van der Waals surface area (Å²) in [4.78, 5) is 4.06. The molecule has 0 saturated carbocycles. The molecule has 0 spiro atoms. The molecule has 0 atom stereocenters. The van der Waals surface area contributed by atoms with E-state index in [1.54, 1.807) is 6.20 Å². The Morgan fingerprint density at radius 3 is 3.00 bits per heavy atom. The van der Waals surface area contributed by atoms with Crippen LogP contribution in [0.25, 0.3) is 0 Å². The maximum Gasteiger partial charge on any atom is 0.0855 e. The first-order chi connectivity index (χ1) is 5.88. The van der Waals surface area contributed by atoms with Crippen molar-refractivity contribution in [3.63, 3.8) is 0 Å². The summed E-state index contributed by atoms with van der Waals surface area (Å²) in [5, 5.41) is 8.92. The first-order valence-electron chi connectivity index (χ1n) is 4.12. The van der Waals surface area contributed by atoms with Crippen LogP contribution in [0.5, 0.6) is 0 Å². The van der Waals surface area contributed by atoms with Crippen LogP contribution in [-0.2, 0) is 13.0 Å². The molecule has 0 amide bonds. The minimum Gasteiger partial charge on any atom is -0.390 e. The van der Waals surface area contributed by atoms with Crippen LogP contribution in [0.2, 0.25) is 0 Å². The molecule has 3 N–H and O–H groups in total. The van der Waals surface area contributed by atoms with Gasteiger partial charge in [0.15, 0.2) is 0 Å². The number of aliphatic hydroxyl groups is 1. The second-order valence-corrected chi connectivity index (χ2v) is 2.66. The highest BCUT2D eigenvalue weighted by Crippen LogP contribution is 2.07. The fourth-order valence-corrected chi connectivity index (χ4v) is 1.13. The fraction of sp³-hybridized carbons (Fsp3) is 0.444. The van der Waals surface area contributed by atoms with Crippen molar-refractivity contribution in [2.75, 3.05) is 6.54 Å². The van der Waals surface area contributed by atoms with E-state index in [1.807, 2.05) is 12.1 Å². The second kappa shape index (κ2) is 4.85. The van der Waals surface area contributed by atoms with Crippen molar-refractivity contribution in [1.29, 1.82) is 0 Å². The molecule has 66 valence electrons. The molecule has 0 bridgehead atoms. The summed E-state index contributed by atoms with van der Waals surface area (Å²) < 4.78 is 0. The number of aliphatic hydroxyl groups excluding tert-OH is 1. The Bertz CT molecular complexity index is 238. The SMILES string of the molecule is NCCCc1cccnc1CO. The number of aromatic nitrogens is 1. The van der Waals surface area contributed by atoms with Gasteiger partial charge in [-0.1, -0.05) is 6.07 Å². The van der Waals surface area contributed by atoms with Gasteiger partial charge in [-0.15, -0.1) is 0 Å². The van der Waals surface area contributed by atoms with E-state index in [2.05, 4.69) is 4.98 Å². The predicted molar refractivity (Wildman–Crippen MR) is 47.5 cm³/mol. The van der Waals surface area contributed by atoms with Crippen LogP contribution in [0.4, 0.5) is 0 Å². The molecule has 1 aromatic rings. The maximum absolute atomic E-state index is 8.92. The van der Waals surface area contributed by atoms with E-state index < -0.39 is 0 Å². The first kappa shape index (κ1) is 9.16. The summed E-state index contributed by atoms with van der Waals surface area (Å²) in [7, 11) is 0. The van der Waals surface area contributed by atoms with Gasteiger partial charge in [-0.05, 0) is 31.0 Å². The molecule has 1 rings (SSSR count). The number of nitrogens with two attached hydrogens (primary N) is 1. The van der Waals surface area contributed by atoms with Gasteiger partial charge in [0, 0.05) is 6.20 Å². The largest absolute Gasteiger partial charge is 0.390 e. The molecule has 0 radical (unpaired) electrons. The van der Waals surface area contributed by atoms with Crippen LogP contribution < -0.4 is 5.73 Å². The smallest absolute Gasteiger partial charge is 0.0855 e. The van der Waals surface area contributed by atoms with Crippen molar-refractivity contribution >= 4 is 0 Å². The first-order valence-corrected chi connectivity index (χ1v) is 4.12. The lowest BCUT2D eigenvalue weighted by Gasteiger charge is -2.03. The quantitative estimate of drug-likeness (QED) is 0.683. The third-order valence-corrected chi connectivity index (χ3v) is 1.78. The number of hydrogen-bond donors (Lipinski definition) is 2. The second-order valence-electron chi connectivity index (χ2n) is 2.66. The highest BCUT2D eigenvalue weighted by Gasteiger charge is 1.99. The molecule has 0 aliphatic rings. The fourth-order valence-electron chi connectivity index (χ4n) is 1.13. The van der Waals surface area contributed by atoms with E-state index in [4.69, 9.17) is 10.8 Å². The number of hydrogen-bond acceptors (Lipinski definition) is 3. The Hall–Kier alpha value is -0.930. The van der Waals surface area contributed by atoms with Crippen LogP contribution in [0.3, 0.4) is 0 Å². The van der Waals surface area contributed by atoms with Gasteiger partial charge in [-0.25, -0.2) is 0 Å². The van der Waals surface area contributed by atoms with Gasteiger partial charge in [0.2, 0.25) is 0 Å². The van der Waals surface area contributed by atoms with E-state index in [0.717, 1.165) is 24.1 Å². The highest BCUT2D eigenvalue weighted by molar-refractivity contribution is 5.19. The minimum atomic E-state index is 0.0146. The van der Waals surface area contributed by atoms with Gasteiger partial charge < -0.3 is 10.8 Å². The molecule has 3 heteroatoms. The molecule has 0 unspecified atom stereocenters. The Labute approximate surface area is 72.2 Å². The summed E-state index contributed by atoms with van der Waals surface area (Å²) in [6.07, 6.45) is 3.54. The van der Waals surface area contributed by atoms with Crippen molar-refractivity contribution in [1.82, 2.24) is 4.98 Å². The normalized spacial score (nSPS) is 10.2. The van der Waals surface area contributed by atoms with Gasteiger partial charge in [0.05, 0.1) is 12.3 Å². The number of pyridine rings is 1. The summed E-state index contributed by atoms with van der Waals surface area (Å²) in [6, 6.07) is 3.86. The summed E-state index contributed by atoms with van der Waals surface area (Å²) in [5.74, 6) is 0. The molecule has 0 aliphatic heterocycles. The van der Waals surface area contributed by atoms with E-state index in [-0.39, 0.29) is 6.61 Å². The topological polar surface area (TPSA) is 59.1 Å². The molecule has 1 heterocycles.